The number of hydrogen-bond acceptors (Lipinski definition) is 5. The minimum absolute atomic E-state index is 0.216. The van der Waals surface area contributed by atoms with E-state index in [0.29, 0.717) is 11.6 Å². The van der Waals surface area contributed by atoms with Crippen LogP contribution in [0.15, 0.2) is 0 Å². The van der Waals surface area contributed by atoms with Crippen LogP contribution in [-0.2, 0) is 21.7 Å². The second-order valence-electron chi connectivity index (χ2n) is 5.43. The molecular formula is C14H21NO4S. The standard InChI is InChI=1S/C14H21NO4S/c1-9-5-4-6-14(7-9,19-3)13-15-10(8-18-2)11(20-13)12(16)17/h9H,4-8H2,1-3H3,(H,16,17). The molecule has 0 saturated heterocycles. The van der Waals surface area contributed by atoms with Gasteiger partial charge in [0.05, 0.1) is 12.3 Å². The van der Waals surface area contributed by atoms with Crippen LogP contribution in [0, 0.1) is 5.92 Å². The largest absolute Gasteiger partial charge is 0.477 e. The van der Waals surface area contributed by atoms with Crippen molar-refractivity contribution in [1.29, 1.82) is 0 Å². The predicted octanol–water partition coefficient (Wildman–Crippen LogP) is 3.04. The van der Waals surface area contributed by atoms with Crippen LogP contribution in [0.3, 0.4) is 0 Å². The summed E-state index contributed by atoms with van der Waals surface area (Å²) in [6.45, 7) is 2.42. The van der Waals surface area contributed by atoms with Gasteiger partial charge in [0.2, 0.25) is 0 Å². The Balaban J connectivity index is 2.39. The number of aromatic carboxylic acids is 1. The van der Waals surface area contributed by atoms with Crippen LogP contribution in [0.1, 0.15) is 53.0 Å². The molecule has 1 fully saturated rings. The molecule has 5 nitrogen and oxygen atoms in total. The van der Waals surface area contributed by atoms with Crippen molar-refractivity contribution in [2.24, 2.45) is 5.92 Å². The summed E-state index contributed by atoms with van der Waals surface area (Å²) in [7, 11) is 3.23. The molecule has 0 radical (unpaired) electrons. The summed E-state index contributed by atoms with van der Waals surface area (Å²) < 4.78 is 10.8. The van der Waals surface area contributed by atoms with Crippen molar-refractivity contribution in [1.82, 2.24) is 4.98 Å². The highest BCUT2D eigenvalue weighted by Gasteiger charge is 2.40. The lowest BCUT2D eigenvalue weighted by atomic mass is 9.79. The first-order valence-corrected chi connectivity index (χ1v) is 7.61. The number of aromatic nitrogens is 1. The van der Waals surface area contributed by atoms with E-state index in [1.807, 2.05) is 0 Å². The zero-order chi connectivity index (χ0) is 14.8. The average Bonchev–Trinajstić information content (AvgIpc) is 2.84. The monoisotopic (exact) mass is 299 g/mol. The molecule has 1 saturated carbocycles. The third-order valence-electron chi connectivity index (χ3n) is 3.91. The lowest BCUT2D eigenvalue weighted by molar-refractivity contribution is -0.0582. The van der Waals surface area contributed by atoms with E-state index in [-0.39, 0.29) is 11.5 Å². The molecule has 20 heavy (non-hydrogen) atoms. The first-order chi connectivity index (χ1) is 9.52. The fourth-order valence-electron chi connectivity index (χ4n) is 2.92. The number of methoxy groups -OCH3 is 2. The van der Waals surface area contributed by atoms with Gasteiger partial charge in [-0.2, -0.15) is 0 Å². The maximum Gasteiger partial charge on any atom is 0.347 e. The second-order valence-corrected chi connectivity index (χ2v) is 6.43. The molecule has 1 heterocycles. The number of ether oxygens (including phenoxy) is 2. The normalized spacial score (nSPS) is 26.6. The molecule has 2 unspecified atom stereocenters. The number of carbonyl (C=O) groups is 1. The molecule has 112 valence electrons. The molecule has 1 N–H and O–H groups in total. The highest BCUT2D eigenvalue weighted by molar-refractivity contribution is 7.13. The summed E-state index contributed by atoms with van der Waals surface area (Å²) in [6.07, 6.45) is 4.05. The quantitative estimate of drug-likeness (QED) is 0.905. The molecule has 1 aliphatic rings. The smallest absolute Gasteiger partial charge is 0.347 e. The summed E-state index contributed by atoms with van der Waals surface area (Å²) >= 11 is 1.22. The fraction of sp³-hybridized carbons (Fsp3) is 0.714. The van der Waals surface area contributed by atoms with Crippen molar-refractivity contribution >= 4 is 17.3 Å². The highest BCUT2D eigenvalue weighted by atomic mass is 32.1. The zero-order valence-corrected chi connectivity index (χ0v) is 13.0. The van der Waals surface area contributed by atoms with Gasteiger partial charge in [-0.25, -0.2) is 9.78 Å². The van der Waals surface area contributed by atoms with E-state index in [4.69, 9.17) is 9.47 Å². The van der Waals surface area contributed by atoms with Crippen LogP contribution in [-0.4, -0.2) is 30.3 Å². The van der Waals surface area contributed by atoms with Crippen LogP contribution in [0.25, 0.3) is 0 Å². The Morgan fingerprint density at radius 3 is 2.85 bits per heavy atom. The molecule has 1 aromatic heterocycles. The van der Waals surface area contributed by atoms with E-state index < -0.39 is 11.6 Å². The van der Waals surface area contributed by atoms with Gasteiger partial charge in [0.25, 0.3) is 0 Å². The van der Waals surface area contributed by atoms with Crippen molar-refractivity contribution in [2.45, 2.75) is 44.8 Å². The molecule has 2 rings (SSSR count). The van der Waals surface area contributed by atoms with Crippen molar-refractivity contribution in [3.05, 3.63) is 15.6 Å². The molecule has 1 aromatic rings. The van der Waals surface area contributed by atoms with Gasteiger partial charge in [-0.1, -0.05) is 13.3 Å². The maximum absolute atomic E-state index is 11.3. The van der Waals surface area contributed by atoms with E-state index in [2.05, 4.69) is 11.9 Å². The lowest BCUT2D eigenvalue weighted by Crippen LogP contribution is -2.34. The van der Waals surface area contributed by atoms with E-state index in [1.165, 1.54) is 17.8 Å². The summed E-state index contributed by atoms with van der Waals surface area (Å²) in [4.78, 5) is 16.1. The van der Waals surface area contributed by atoms with E-state index in [9.17, 15) is 9.90 Å². The Morgan fingerprint density at radius 2 is 2.30 bits per heavy atom. The molecule has 2 atom stereocenters. The summed E-state index contributed by atoms with van der Waals surface area (Å²) in [5.74, 6) is -0.386. The third kappa shape index (κ3) is 2.87. The van der Waals surface area contributed by atoms with E-state index >= 15 is 0 Å². The fourth-order valence-corrected chi connectivity index (χ4v) is 4.03. The third-order valence-corrected chi connectivity index (χ3v) is 5.18. The molecule has 1 aliphatic carbocycles. The van der Waals surface area contributed by atoms with Crippen LogP contribution >= 0.6 is 11.3 Å². The van der Waals surface area contributed by atoms with E-state index in [0.717, 1.165) is 24.3 Å². The molecule has 0 amide bonds. The number of carboxylic acids is 1. The number of rotatable bonds is 5. The average molecular weight is 299 g/mol. The first-order valence-electron chi connectivity index (χ1n) is 6.80. The molecule has 0 spiro atoms. The van der Waals surface area contributed by atoms with Crippen LogP contribution in [0.4, 0.5) is 0 Å². The summed E-state index contributed by atoms with van der Waals surface area (Å²) in [6, 6.07) is 0. The van der Waals surface area contributed by atoms with Gasteiger partial charge < -0.3 is 14.6 Å². The predicted molar refractivity (Wildman–Crippen MR) is 76.1 cm³/mol. The van der Waals surface area contributed by atoms with Gasteiger partial charge in [0, 0.05) is 14.2 Å². The van der Waals surface area contributed by atoms with Crippen LogP contribution in [0.5, 0.6) is 0 Å². The highest BCUT2D eigenvalue weighted by Crippen LogP contribution is 2.44. The molecular weight excluding hydrogens is 278 g/mol. The van der Waals surface area contributed by atoms with Gasteiger partial charge in [0.1, 0.15) is 15.5 Å². The van der Waals surface area contributed by atoms with Crippen molar-refractivity contribution in [3.63, 3.8) is 0 Å². The minimum atomic E-state index is -0.948. The second kappa shape index (κ2) is 6.20. The Kier molecular flexibility index (Phi) is 4.78. The summed E-state index contributed by atoms with van der Waals surface area (Å²) in [5, 5.41) is 10.1. The van der Waals surface area contributed by atoms with Crippen LogP contribution < -0.4 is 0 Å². The summed E-state index contributed by atoms with van der Waals surface area (Å²) in [5.41, 5.74) is 0.0630. The lowest BCUT2D eigenvalue weighted by Gasteiger charge is -2.37. The van der Waals surface area contributed by atoms with Crippen molar-refractivity contribution in [3.8, 4) is 0 Å². The SMILES string of the molecule is COCc1nc(C2(OC)CCCC(C)C2)sc1C(=O)O. The molecule has 6 heteroatoms. The van der Waals surface area contributed by atoms with Crippen molar-refractivity contribution in [2.75, 3.05) is 14.2 Å². The topological polar surface area (TPSA) is 68.7 Å². The molecule has 0 aromatic carbocycles. The Labute approximate surface area is 122 Å². The number of carboxylic acid groups (broad SMARTS) is 1. The Bertz CT molecular complexity index is 488. The zero-order valence-electron chi connectivity index (χ0n) is 12.1. The number of thiazole rings is 1. The van der Waals surface area contributed by atoms with Crippen molar-refractivity contribution < 1.29 is 19.4 Å². The minimum Gasteiger partial charge on any atom is -0.477 e. The molecule has 0 aliphatic heterocycles. The van der Waals surface area contributed by atoms with Gasteiger partial charge >= 0.3 is 5.97 Å². The number of nitrogens with zero attached hydrogens (tertiary/aromatic N) is 1. The Hall–Kier alpha value is -0.980. The first kappa shape index (κ1) is 15.4. The van der Waals surface area contributed by atoms with Gasteiger partial charge in [-0.3, -0.25) is 0 Å². The number of hydrogen-bond donors (Lipinski definition) is 1. The maximum atomic E-state index is 11.3. The van der Waals surface area contributed by atoms with Gasteiger partial charge in [-0.05, 0) is 25.2 Å². The Morgan fingerprint density at radius 1 is 1.55 bits per heavy atom. The van der Waals surface area contributed by atoms with Gasteiger partial charge in [-0.15, -0.1) is 11.3 Å². The van der Waals surface area contributed by atoms with Crippen LogP contribution in [0.2, 0.25) is 0 Å². The van der Waals surface area contributed by atoms with Gasteiger partial charge in [0.15, 0.2) is 0 Å². The van der Waals surface area contributed by atoms with E-state index in [1.54, 1.807) is 14.2 Å². The molecule has 0 bridgehead atoms.